The van der Waals surface area contributed by atoms with Crippen LogP contribution in [0.4, 0.5) is 15.3 Å². The van der Waals surface area contributed by atoms with Crippen LogP contribution in [0.2, 0.25) is 0 Å². The Bertz CT molecular complexity index is 1070. The van der Waals surface area contributed by atoms with E-state index in [2.05, 4.69) is 5.32 Å². The minimum Gasteiger partial charge on any atom is -0.478 e. The summed E-state index contributed by atoms with van der Waals surface area (Å²) in [5.74, 6) is -5.03. The molecule has 40 heavy (non-hydrogen) atoms. The average Bonchev–Trinajstić information content (AvgIpc) is 3.08. The van der Waals surface area contributed by atoms with Crippen molar-refractivity contribution in [1.29, 1.82) is 0 Å². The smallest absolute Gasteiger partial charge is 0.410 e. The summed E-state index contributed by atoms with van der Waals surface area (Å²) in [6.07, 6.45) is 4.56. The van der Waals surface area contributed by atoms with Crippen LogP contribution < -0.4 is 5.32 Å². The highest BCUT2D eigenvalue weighted by Gasteiger charge is 2.31. The number of para-hydroxylation sites is 1. The van der Waals surface area contributed by atoms with Crippen LogP contribution in [0.25, 0.3) is 0 Å². The van der Waals surface area contributed by atoms with Gasteiger partial charge in [-0.25, -0.2) is 28.8 Å². The normalized spacial score (nSPS) is 14.8. The number of ether oxygens (including phenoxy) is 1. The second-order valence-corrected chi connectivity index (χ2v) is 8.01. The van der Waals surface area contributed by atoms with Gasteiger partial charge in [-0.15, -0.1) is 0 Å². The number of rotatable bonds is 7. The molecule has 2 aliphatic heterocycles. The monoisotopic (exact) mass is 563 g/mol. The number of aliphatic carboxylic acids is 4. The number of amides is 3. The first-order chi connectivity index (χ1) is 18.9. The number of carboxylic acids is 4. The van der Waals surface area contributed by atoms with E-state index in [1.54, 1.807) is 4.90 Å². The molecule has 5 N–H and O–H groups in total. The fraction of sp³-hybridized carbons (Fsp3) is 0.320. The van der Waals surface area contributed by atoms with Crippen molar-refractivity contribution in [1.82, 2.24) is 9.80 Å². The van der Waals surface area contributed by atoms with Gasteiger partial charge in [-0.2, -0.15) is 0 Å². The highest BCUT2D eigenvalue weighted by Crippen LogP contribution is 2.24. The Kier molecular flexibility index (Phi) is 14.2. The number of nitrogens with zero attached hydrogens (tertiary/aromatic N) is 2. The van der Waals surface area contributed by atoms with Crippen LogP contribution in [0.1, 0.15) is 18.4 Å². The lowest BCUT2D eigenvalue weighted by Gasteiger charge is -2.37. The molecule has 216 valence electrons. The first-order valence-electron chi connectivity index (χ1n) is 11.7. The quantitative estimate of drug-likeness (QED) is 0.234. The maximum absolute atomic E-state index is 12.5. The molecular weight excluding hydrogens is 534 g/mol. The average molecular weight is 564 g/mol. The Hall–Kier alpha value is -5.21. The molecule has 15 nitrogen and oxygen atoms in total. The number of carbonyl (C=O) groups excluding carboxylic acids is 3. The van der Waals surface area contributed by atoms with Crippen molar-refractivity contribution in [3.05, 3.63) is 54.1 Å². The Morgan fingerprint density at radius 3 is 1.82 bits per heavy atom. The number of fused-ring (bicyclic) bond motifs is 1. The van der Waals surface area contributed by atoms with Gasteiger partial charge in [-0.1, -0.05) is 18.2 Å². The van der Waals surface area contributed by atoms with E-state index in [0.29, 0.717) is 63.1 Å². The summed E-state index contributed by atoms with van der Waals surface area (Å²) >= 11 is 0. The van der Waals surface area contributed by atoms with Crippen LogP contribution in [0.15, 0.2) is 48.6 Å². The van der Waals surface area contributed by atoms with Crippen molar-refractivity contribution in [2.45, 2.75) is 25.3 Å². The second-order valence-electron chi connectivity index (χ2n) is 8.01. The van der Waals surface area contributed by atoms with E-state index < -0.39 is 30.0 Å². The molecule has 1 aromatic carbocycles. The SMILES string of the molecule is O=C(O)C=CC(=O)O.O=C(O)C=CC(=O)O.O=CCOC(=O)N1CCC(N2CCc3ccccc3NC2=O)CC1. The van der Waals surface area contributed by atoms with Gasteiger partial charge in [0.25, 0.3) is 0 Å². The van der Waals surface area contributed by atoms with Crippen LogP contribution in [-0.4, -0.2) is 105 Å². The topological polar surface area (TPSA) is 228 Å². The maximum Gasteiger partial charge on any atom is 0.410 e. The van der Waals surface area contributed by atoms with Crippen LogP contribution in [-0.2, 0) is 35.1 Å². The molecule has 3 rings (SSSR count). The lowest BCUT2D eigenvalue weighted by molar-refractivity contribution is -0.134. The summed E-state index contributed by atoms with van der Waals surface area (Å²) in [6, 6.07) is 7.87. The number of aldehydes is 1. The molecule has 0 spiro atoms. The molecule has 15 heteroatoms. The van der Waals surface area contributed by atoms with Gasteiger partial charge in [-0.3, -0.25) is 4.79 Å². The molecule has 1 aromatic rings. The van der Waals surface area contributed by atoms with E-state index in [9.17, 15) is 33.6 Å². The number of hydrogen-bond acceptors (Lipinski definition) is 8. The van der Waals surface area contributed by atoms with Gasteiger partial charge >= 0.3 is 36.0 Å². The summed E-state index contributed by atoms with van der Waals surface area (Å²) in [4.78, 5) is 76.2. The number of carboxylic acid groups (broad SMARTS) is 4. The molecule has 0 radical (unpaired) electrons. The molecule has 1 saturated heterocycles. The van der Waals surface area contributed by atoms with Crippen molar-refractivity contribution in [3.63, 3.8) is 0 Å². The molecule has 2 heterocycles. The Morgan fingerprint density at radius 1 is 0.850 bits per heavy atom. The molecule has 2 aliphatic rings. The standard InChI is InChI=1S/C17H21N3O4.2C4H4O4/c21-11-12-24-17(23)19-8-6-14(7-9-19)20-10-5-13-3-1-2-4-15(13)18-16(20)22;2*5-3(6)1-2-4(7)8/h1-4,11,14H,5-10,12H2,(H,18,22);2*1-2H,(H,5,6)(H,7,8). The molecular formula is C25H29N3O12. The number of anilines is 1. The van der Waals surface area contributed by atoms with E-state index in [1.165, 1.54) is 0 Å². The lowest BCUT2D eigenvalue weighted by atomic mass is 10.0. The Morgan fingerprint density at radius 2 is 1.35 bits per heavy atom. The van der Waals surface area contributed by atoms with Crippen LogP contribution in [0, 0.1) is 0 Å². The van der Waals surface area contributed by atoms with E-state index in [-0.39, 0.29) is 18.7 Å². The number of urea groups is 1. The zero-order valence-electron chi connectivity index (χ0n) is 21.2. The van der Waals surface area contributed by atoms with Crippen molar-refractivity contribution in [2.75, 3.05) is 31.6 Å². The third kappa shape index (κ3) is 12.8. The summed E-state index contributed by atoms with van der Waals surface area (Å²) in [7, 11) is 0. The zero-order chi connectivity index (χ0) is 30.1. The van der Waals surface area contributed by atoms with Gasteiger partial charge in [0.15, 0.2) is 6.29 Å². The summed E-state index contributed by atoms with van der Waals surface area (Å²) in [6.45, 7) is 1.51. The van der Waals surface area contributed by atoms with Gasteiger partial charge in [0.05, 0.1) is 0 Å². The van der Waals surface area contributed by atoms with Crippen molar-refractivity contribution in [2.24, 2.45) is 0 Å². The number of likely N-dealkylation sites (tertiary alicyclic amines) is 1. The number of piperidine rings is 1. The number of nitrogens with one attached hydrogen (secondary N) is 1. The summed E-state index contributed by atoms with van der Waals surface area (Å²) in [5, 5.41) is 34.2. The Labute approximate surface area is 227 Å². The largest absolute Gasteiger partial charge is 0.478 e. The summed E-state index contributed by atoms with van der Waals surface area (Å²) in [5.41, 5.74) is 2.02. The highest BCUT2D eigenvalue weighted by atomic mass is 16.6. The molecule has 1 fully saturated rings. The predicted molar refractivity (Wildman–Crippen MR) is 137 cm³/mol. The highest BCUT2D eigenvalue weighted by molar-refractivity contribution is 5.91. The first-order valence-corrected chi connectivity index (χ1v) is 11.7. The van der Waals surface area contributed by atoms with E-state index >= 15 is 0 Å². The van der Waals surface area contributed by atoms with Gasteiger partial charge in [-0.05, 0) is 30.9 Å². The van der Waals surface area contributed by atoms with E-state index in [0.717, 1.165) is 17.7 Å². The fourth-order valence-corrected chi connectivity index (χ4v) is 3.58. The van der Waals surface area contributed by atoms with Crippen LogP contribution in [0.3, 0.4) is 0 Å². The predicted octanol–water partition coefficient (Wildman–Crippen LogP) is 1.30. The van der Waals surface area contributed by atoms with Crippen LogP contribution >= 0.6 is 0 Å². The van der Waals surface area contributed by atoms with Gasteiger partial charge in [0, 0.05) is 55.7 Å². The van der Waals surface area contributed by atoms with Gasteiger partial charge in [0.2, 0.25) is 0 Å². The lowest BCUT2D eigenvalue weighted by Crippen LogP contribution is -2.50. The third-order valence-electron chi connectivity index (χ3n) is 5.32. The van der Waals surface area contributed by atoms with Crippen molar-refractivity contribution in [3.8, 4) is 0 Å². The Balaban J connectivity index is 0.000000412. The molecule has 0 aromatic heterocycles. The molecule has 0 unspecified atom stereocenters. The molecule has 0 saturated carbocycles. The van der Waals surface area contributed by atoms with E-state index in [4.69, 9.17) is 25.2 Å². The molecule has 0 bridgehead atoms. The molecule has 3 amide bonds. The van der Waals surface area contributed by atoms with Gasteiger partial charge in [0.1, 0.15) is 6.61 Å². The maximum atomic E-state index is 12.5. The molecule has 0 aliphatic carbocycles. The fourth-order valence-electron chi connectivity index (χ4n) is 3.58. The van der Waals surface area contributed by atoms with Crippen molar-refractivity contribution < 1.29 is 58.7 Å². The number of carbonyl (C=O) groups is 7. The van der Waals surface area contributed by atoms with Crippen molar-refractivity contribution >= 4 is 48.0 Å². The minimum atomic E-state index is -1.26. The summed E-state index contributed by atoms with van der Waals surface area (Å²) < 4.78 is 4.82. The first kappa shape index (κ1) is 32.8. The van der Waals surface area contributed by atoms with E-state index in [1.807, 2.05) is 29.2 Å². The number of hydrogen-bond donors (Lipinski definition) is 5. The number of benzene rings is 1. The second kappa shape index (κ2) is 17.3. The van der Waals surface area contributed by atoms with Gasteiger partial charge < -0.3 is 40.3 Å². The van der Waals surface area contributed by atoms with Crippen LogP contribution in [0.5, 0.6) is 0 Å². The zero-order valence-corrected chi connectivity index (χ0v) is 21.2. The third-order valence-corrected chi connectivity index (χ3v) is 5.32. The molecule has 0 atom stereocenters. The minimum absolute atomic E-state index is 0.0815.